The number of piperidine rings is 1. The molecule has 5 nitrogen and oxygen atoms in total. The van der Waals surface area contributed by atoms with Gasteiger partial charge in [0.15, 0.2) is 0 Å². The molecule has 26 heavy (non-hydrogen) atoms. The van der Waals surface area contributed by atoms with Crippen molar-refractivity contribution < 1.29 is 4.74 Å². The Balaban J connectivity index is 1.87. The average molecular weight is 350 g/mol. The highest BCUT2D eigenvalue weighted by Gasteiger charge is 2.22. The van der Waals surface area contributed by atoms with Crippen molar-refractivity contribution in [2.24, 2.45) is 0 Å². The van der Waals surface area contributed by atoms with Gasteiger partial charge in [0.25, 0.3) is 0 Å². The fourth-order valence-electron chi connectivity index (χ4n) is 3.39. The van der Waals surface area contributed by atoms with Crippen LogP contribution in [0, 0.1) is 18.3 Å². The molecule has 1 fully saturated rings. The Labute approximate surface area is 155 Å². The van der Waals surface area contributed by atoms with Crippen LogP contribution in [0.1, 0.15) is 36.5 Å². The van der Waals surface area contributed by atoms with Crippen LogP contribution in [0.3, 0.4) is 0 Å². The molecule has 0 spiro atoms. The van der Waals surface area contributed by atoms with Crippen LogP contribution in [0.15, 0.2) is 36.5 Å². The number of hydrogen-bond acceptors (Lipinski definition) is 5. The van der Waals surface area contributed by atoms with Gasteiger partial charge in [-0.2, -0.15) is 5.26 Å². The fraction of sp³-hybridized carbons (Fsp3) is 0.429. The second-order valence-electron chi connectivity index (χ2n) is 6.66. The van der Waals surface area contributed by atoms with E-state index in [0.29, 0.717) is 18.2 Å². The van der Waals surface area contributed by atoms with Crippen molar-refractivity contribution in [3.8, 4) is 11.8 Å². The van der Waals surface area contributed by atoms with Gasteiger partial charge in [0.05, 0.1) is 12.2 Å². The molecule has 0 unspecified atom stereocenters. The molecular weight excluding hydrogens is 324 g/mol. The summed E-state index contributed by atoms with van der Waals surface area (Å²) in [7, 11) is 0. The largest absolute Gasteiger partial charge is 0.494 e. The van der Waals surface area contributed by atoms with E-state index in [1.807, 2.05) is 19.1 Å². The maximum atomic E-state index is 9.03. The summed E-state index contributed by atoms with van der Waals surface area (Å²) in [5.41, 5.74) is 2.96. The van der Waals surface area contributed by atoms with E-state index in [-0.39, 0.29) is 0 Å². The van der Waals surface area contributed by atoms with E-state index in [2.05, 4.69) is 46.4 Å². The molecule has 2 aromatic rings. The van der Waals surface area contributed by atoms with Gasteiger partial charge in [0.2, 0.25) is 0 Å². The summed E-state index contributed by atoms with van der Waals surface area (Å²) in [6, 6.07) is 12.8. The Morgan fingerprint density at radius 1 is 1.27 bits per heavy atom. The maximum absolute atomic E-state index is 9.03. The van der Waals surface area contributed by atoms with Gasteiger partial charge in [-0.15, -0.1) is 0 Å². The normalized spacial score (nSPS) is 14.7. The predicted octanol–water partition coefficient (Wildman–Crippen LogP) is 3.42. The predicted molar refractivity (Wildman–Crippen MR) is 103 cm³/mol. The number of pyridine rings is 1. The third-order valence-corrected chi connectivity index (χ3v) is 4.83. The first-order chi connectivity index (χ1) is 12.7. The molecule has 2 heterocycles. The number of anilines is 1. The summed E-state index contributed by atoms with van der Waals surface area (Å²) in [4.78, 5) is 6.91. The lowest BCUT2D eigenvalue weighted by Crippen LogP contribution is -2.43. The molecule has 1 aromatic carbocycles. The molecule has 136 valence electrons. The van der Waals surface area contributed by atoms with E-state index in [4.69, 9.17) is 10.00 Å². The Morgan fingerprint density at radius 3 is 2.73 bits per heavy atom. The third-order valence-electron chi connectivity index (χ3n) is 4.83. The second kappa shape index (κ2) is 8.68. The monoisotopic (exact) mass is 350 g/mol. The van der Waals surface area contributed by atoms with E-state index < -0.39 is 0 Å². The van der Waals surface area contributed by atoms with Crippen molar-refractivity contribution in [2.45, 2.75) is 39.3 Å². The van der Waals surface area contributed by atoms with Crippen LogP contribution in [-0.2, 0) is 6.54 Å². The Bertz CT molecular complexity index is 761. The van der Waals surface area contributed by atoms with Crippen LogP contribution in [0.2, 0.25) is 0 Å². The van der Waals surface area contributed by atoms with Crippen molar-refractivity contribution in [1.82, 2.24) is 10.3 Å². The number of ether oxygens (including phenoxy) is 1. The standard InChI is InChI=1S/C21H26N4O/c1-3-26-20-12-17(5-4-16(20)2)15-25(19-8-10-23-11-9-19)21-7-6-18(13-22)14-24-21/h4-7,12,14,19,23H,3,8-11,15H2,1-2H3. The summed E-state index contributed by atoms with van der Waals surface area (Å²) < 4.78 is 5.76. The third kappa shape index (κ3) is 4.33. The number of rotatable bonds is 6. The molecule has 1 aliphatic rings. The van der Waals surface area contributed by atoms with E-state index in [1.54, 1.807) is 6.20 Å². The zero-order chi connectivity index (χ0) is 18.4. The molecule has 0 saturated carbocycles. The minimum Gasteiger partial charge on any atom is -0.494 e. The number of nitrogens with zero attached hydrogens (tertiary/aromatic N) is 3. The Hall–Kier alpha value is -2.58. The highest BCUT2D eigenvalue weighted by atomic mass is 16.5. The SMILES string of the molecule is CCOc1cc(CN(c2ccc(C#N)cn2)C2CCNCC2)ccc1C. The van der Waals surface area contributed by atoms with Gasteiger partial charge in [-0.3, -0.25) is 0 Å². The molecule has 0 aliphatic carbocycles. The summed E-state index contributed by atoms with van der Waals surface area (Å²) in [6.07, 6.45) is 3.84. The van der Waals surface area contributed by atoms with Gasteiger partial charge in [0.1, 0.15) is 17.6 Å². The van der Waals surface area contributed by atoms with Gasteiger partial charge in [0, 0.05) is 18.8 Å². The minimum absolute atomic E-state index is 0.438. The maximum Gasteiger partial charge on any atom is 0.129 e. The first-order valence-electron chi connectivity index (χ1n) is 9.27. The first kappa shape index (κ1) is 18.2. The van der Waals surface area contributed by atoms with Crippen molar-refractivity contribution in [2.75, 3.05) is 24.6 Å². The van der Waals surface area contributed by atoms with Crippen molar-refractivity contribution in [3.63, 3.8) is 0 Å². The van der Waals surface area contributed by atoms with Crippen LogP contribution in [-0.4, -0.2) is 30.7 Å². The van der Waals surface area contributed by atoms with Crippen LogP contribution >= 0.6 is 0 Å². The van der Waals surface area contributed by atoms with E-state index in [1.165, 1.54) is 5.56 Å². The topological polar surface area (TPSA) is 61.2 Å². The molecule has 5 heteroatoms. The molecule has 3 rings (SSSR count). The lowest BCUT2D eigenvalue weighted by atomic mass is 10.0. The second-order valence-corrected chi connectivity index (χ2v) is 6.66. The lowest BCUT2D eigenvalue weighted by Gasteiger charge is -2.35. The smallest absolute Gasteiger partial charge is 0.129 e. The number of hydrogen-bond donors (Lipinski definition) is 1. The molecule has 1 aromatic heterocycles. The highest BCUT2D eigenvalue weighted by molar-refractivity contribution is 5.45. The molecular formula is C21H26N4O. The van der Waals surface area contributed by atoms with Gasteiger partial charge >= 0.3 is 0 Å². The van der Waals surface area contributed by atoms with Gasteiger partial charge < -0.3 is 15.0 Å². The van der Waals surface area contributed by atoms with Gasteiger partial charge in [-0.05, 0) is 69.1 Å². The summed E-state index contributed by atoms with van der Waals surface area (Å²) >= 11 is 0. The minimum atomic E-state index is 0.438. The molecule has 1 saturated heterocycles. The van der Waals surface area contributed by atoms with E-state index in [9.17, 15) is 0 Å². The fourth-order valence-corrected chi connectivity index (χ4v) is 3.39. The van der Waals surface area contributed by atoms with Crippen LogP contribution in [0.5, 0.6) is 5.75 Å². The van der Waals surface area contributed by atoms with Crippen LogP contribution < -0.4 is 15.0 Å². The van der Waals surface area contributed by atoms with Crippen molar-refractivity contribution in [1.29, 1.82) is 5.26 Å². The van der Waals surface area contributed by atoms with Gasteiger partial charge in [-0.1, -0.05) is 12.1 Å². The summed E-state index contributed by atoms with van der Waals surface area (Å²) in [5.74, 6) is 1.87. The Kier molecular flexibility index (Phi) is 6.08. The summed E-state index contributed by atoms with van der Waals surface area (Å²) in [6.45, 7) is 7.57. The van der Waals surface area contributed by atoms with E-state index >= 15 is 0 Å². The molecule has 0 radical (unpaired) electrons. The molecule has 1 aliphatic heterocycles. The molecule has 1 N–H and O–H groups in total. The molecule has 0 bridgehead atoms. The number of nitrogens with one attached hydrogen (secondary N) is 1. The van der Waals surface area contributed by atoms with Crippen molar-refractivity contribution in [3.05, 3.63) is 53.2 Å². The van der Waals surface area contributed by atoms with Gasteiger partial charge in [-0.25, -0.2) is 4.98 Å². The Morgan fingerprint density at radius 2 is 2.08 bits per heavy atom. The highest BCUT2D eigenvalue weighted by Crippen LogP contribution is 2.26. The molecule has 0 amide bonds. The quantitative estimate of drug-likeness (QED) is 0.865. The number of aromatic nitrogens is 1. The van der Waals surface area contributed by atoms with Crippen LogP contribution in [0.25, 0.3) is 0 Å². The zero-order valence-corrected chi connectivity index (χ0v) is 15.5. The number of aryl methyl sites for hydroxylation is 1. The zero-order valence-electron chi connectivity index (χ0n) is 15.5. The first-order valence-corrected chi connectivity index (χ1v) is 9.27. The molecule has 0 atom stereocenters. The number of nitriles is 1. The average Bonchev–Trinajstić information content (AvgIpc) is 2.69. The lowest BCUT2D eigenvalue weighted by molar-refractivity contribution is 0.337. The van der Waals surface area contributed by atoms with Crippen molar-refractivity contribution >= 4 is 5.82 Å². The van der Waals surface area contributed by atoms with Crippen LogP contribution in [0.4, 0.5) is 5.82 Å². The van der Waals surface area contributed by atoms with E-state index in [0.717, 1.165) is 49.6 Å². The number of benzene rings is 1. The summed E-state index contributed by atoms with van der Waals surface area (Å²) in [5, 5.41) is 12.5.